The van der Waals surface area contributed by atoms with Gasteiger partial charge in [-0.15, -0.1) is 0 Å². The summed E-state index contributed by atoms with van der Waals surface area (Å²) >= 11 is 5.73. The van der Waals surface area contributed by atoms with Crippen molar-refractivity contribution in [1.82, 2.24) is 0 Å². The molecule has 0 fully saturated rings. The van der Waals surface area contributed by atoms with Gasteiger partial charge in [-0.2, -0.15) is 0 Å². The maximum absolute atomic E-state index is 13.6. The summed E-state index contributed by atoms with van der Waals surface area (Å²) in [7, 11) is 0. The van der Waals surface area contributed by atoms with Gasteiger partial charge in [-0.05, 0) is 24.3 Å². The van der Waals surface area contributed by atoms with Crippen LogP contribution in [0.4, 0.5) is 4.39 Å². The van der Waals surface area contributed by atoms with Gasteiger partial charge in [-0.25, -0.2) is 4.39 Å². The van der Waals surface area contributed by atoms with Crippen LogP contribution in [-0.4, -0.2) is 0 Å². The van der Waals surface area contributed by atoms with E-state index in [1.807, 2.05) is 18.2 Å². The largest absolute Gasteiger partial charge is 0.362 e. The smallest absolute Gasteiger partial charge is 0.202 e. The molecule has 0 atom stereocenters. The van der Waals surface area contributed by atoms with Crippen molar-refractivity contribution < 1.29 is 25.6 Å². The molecule has 74 valence electrons. The molecule has 2 aromatic carbocycles. The van der Waals surface area contributed by atoms with Crippen molar-refractivity contribution >= 4 is 11.6 Å². The first-order valence-corrected chi connectivity index (χ1v) is 7.03. The maximum Gasteiger partial charge on any atom is 0.362 e. The third-order valence-electron chi connectivity index (χ3n) is 2.38. The zero-order chi connectivity index (χ0) is 10.4. The standard InChI is InChI=1S/C12H6ClFI/c13-8-5-6-9(14)12-11(8)7-3-1-2-4-10(7)15-12/h1-6H/q+1. The highest BCUT2D eigenvalue weighted by Gasteiger charge is 2.37. The molecule has 0 amide bonds. The Morgan fingerprint density at radius 1 is 1.07 bits per heavy atom. The van der Waals surface area contributed by atoms with Crippen LogP contribution in [0.15, 0.2) is 36.4 Å². The third kappa shape index (κ3) is 1.39. The molecule has 0 radical (unpaired) electrons. The van der Waals surface area contributed by atoms with E-state index in [4.69, 9.17) is 11.6 Å². The van der Waals surface area contributed by atoms with Crippen LogP contribution in [0, 0.1) is 13.0 Å². The van der Waals surface area contributed by atoms with Crippen LogP contribution in [-0.2, 0) is 0 Å². The lowest BCUT2D eigenvalue weighted by atomic mass is 10.1. The van der Waals surface area contributed by atoms with Gasteiger partial charge in [-0.1, -0.05) is 23.7 Å². The lowest BCUT2D eigenvalue weighted by Gasteiger charge is -1.97. The van der Waals surface area contributed by atoms with E-state index in [1.54, 1.807) is 6.07 Å². The van der Waals surface area contributed by atoms with E-state index in [-0.39, 0.29) is 5.82 Å². The SMILES string of the molecule is Fc1ccc(Cl)c2c1[I+]c1ccccc1-2. The van der Waals surface area contributed by atoms with Crippen molar-refractivity contribution in [1.29, 1.82) is 0 Å². The topological polar surface area (TPSA) is 0 Å². The van der Waals surface area contributed by atoms with Crippen molar-refractivity contribution in [2.75, 3.05) is 0 Å². The fourth-order valence-electron chi connectivity index (χ4n) is 1.71. The highest BCUT2D eigenvalue weighted by atomic mass is 127. The number of hydrogen-bond donors (Lipinski definition) is 0. The Kier molecular flexibility index (Phi) is 2.21. The minimum Gasteiger partial charge on any atom is -0.202 e. The predicted octanol–water partition coefficient (Wildman–Crippen LogP) is 0.588. The molecule has 0 saturated heterocycles. The Hall–Kier alpha value is -0.610. The summed E-state index contributed by atoms with van der Waals surface area (Å²) in [6.45, 7) is 0. The fraction of sp³-hybridized carbons (Fsp3) is 0. The van der Waals surface area contributed by atoms with Gasteiger partial charge in [0.2, 0.25) is 7.14 Å². The van der Waals surface area contributed by atoms with Crippen LogP contribution in [0.3, 0.4) is 0 Å². The minimum atomic E-state index is -0.395. The summed E-state index contributed by atoms with van der Waals surface area (Å²) < 4.78 is 15.7. The van der Waals surface area contributed by atoms with E-state index < -0.39 is 21.2 Å². The van der Waals surface area contributed by atoms with Crippen LogP contribution >= 0.6 is 11.6 Å². The van der Waals surface area contributed by atoms with Crippen LogP contribution in [0.25, 0.3) is 11.1 Å². The summed E-state index contributed by atoms with van der Waals surface area (Å²) in [5, 5.41) is 0.663. The van der Waals surface area contributed by atoms with Gasteiger partial charge < -0.3 is 0 Å². The summed E-state index contributed by atoms with van der Waals surface area (Å²) in [5.74, 6) is -0.113. The Morgan fingerprint density at radius 3 is 2.73 bits per heavy atom. The first-order valence-electron chi connectivity index (χ1n) is 4.49. The van der Waals surface area contributed by atoms with Gasteiger partial charge in [0.05, 0.1) is 10.6 Å². The Morgan fingerprint density at radius 2 is 1.87 bits per heavy atom. The Labute approximate surface area is 102 Å². The van der Waals surface area contributed by atoms with Crippen molar-refractivity contribution in [2.24, 2.45) is 0 Å². The first kappa shape index (κ1) is 9.60. The Bertz CT molecular complexity index is 551. The van der Waals surface area contributed by atoms with Crippen LogP contribution in [0.2, 0.25) is 5.02 Å². The zero-order valence-corrected chi connectivity index (χ0v) is 10.5. The molecule has 1 aliphatic heterocycles. The highest BCUT2D eigenvalue weighted by molar-refractivity contribution is 6.33. The van der Waals surface area contributed by atoms with Gasteiger partial charge in [0, 0.05) is 5.56 Å². The van der Waals surface area contributed by atoms with Crippen LogP contribution < -0.4 is 21.2 Å². The van der Waals surface area contributed by atoms with E-state index in [9.17, 15) is 4.39 Å². The molecule has 2 aromatic rings. The first-order chi connectivity index (χ1) is 7.27. The monoisotopic (exact) mass is 331 g/mol. The summed E-state index contributed by atoms with van der Waals surface area (Å²) in [4.78, 5) is 0. The minimum absolute atomic E-state index is 0.113. The zero-order valence-electron chi connectivity index (χ0n) is 7.60. The van der Waals surface area contributed by atoms with Crippen molar-refractivity contribution in [3.63, 3.8) is 0 Å². The molecular formula is C12H6ClFI+. The normalized spacial score (nSPS) is 12.4. The van der Waals surface area contributed by atoms with Crippen LogP contribution in [0.1, 0.15) is 0 Å². The highest BCUT2D eigenvalue weighted by Crippen LogP contribution is 2.30. The molecule has 0 aromatic heterocycles. The second-order valence-electron chi connectivity index (χ2n) is 3.29. The van der Waals surface area contributed by atoms with Crippen molar-refractivity contribution in [3.8, 4) is 11.1 Å². The predicted molar refractivity (Wildman–Crippen MR) is 54.2 cm³/mol. The van der Waals surface area contributed by atoms with E-state index in [2.05, 4.69) is 6.07 Å². The lowest BCUT2D eigenvalue weighted by Crippen LogP contribution is -3.61. The second kappa shape index (κ2) is 3.46. The molecule has 3 rings (SSSR count). The summed E-state index contributed by atoms with van der Waals surface area (Å²) in [6, 6.07) is 11.2. The third-order valence-corrected chi connectivity index (χ3v) is 5.81. The molecule has 15 heavy (non-hydrogen) atoms. The Balaban J connectivity index is 2.37. The molecule has 1 heterocycles. The quantitative estimate of drug-likeness (QED) is 0.418. The van der Waals surface area contributed by atoms with E-state index >= 15 is 0 Å². The second-order valence-corrected chi connectivity index (χ2v) is 6.48. The summed E-state index contributed by atoms with van der Waals surface area (Å²) in [5.41, 5.74) is 2.03. The van der Waals surface area contributed by atoms with Crippen molar-refractivity contribution in [2.45, 2.75) is 0 Å². The average molecular weight is 332 g/mol. The van der Waals surface area contributed by atoms with E-state index in [0.717, 1.165) is 14.7 Å². The maximum atomic E-state index is 13.6. The molecule has 0 N–H and O–H groups in total. The van der Waals surface area contributed by atoms with E-state index in [0.29, 0.717) is 5.02 Å². The number of hydrogen-bond acceptors (Lipinski definition) is 0. The molecule has 0 aliphatic carbocycles. The van der Waals surface area contributed by atoms with Gasteiger partial charge in [0.15, 0.2) is 5.82 Å². The van der Waals surface area contributed by atoms with Gasteiger partial charge >= 0.3 is 21.2 Å². The summed E-state index contributed by atoms with van der Waals surface area (Å²) in [6.07, 6.45) is 0. The van der Waals surface area contributed by atoms with Crippen LogP contribution in [0.5, 0.6) is 0 Å². The number of halogens is 3. The van der Waals surface area contributed by atoms with Gasteiger partial charge in [-0.3, -0.25) is 0 Å². The van der Waals surface area contributed by atoms with Gasteiger partial charge in [0.1, 0.15) is 0 Å². The molecule has 0 spiro atoms. The number of benzene rings is 2. The lowest BCUT2D eigenvalue weighted by molar-refractivity contribution is -0.592. The molecule has 0 unspecified atom stereocenters. The number of fused-ring (bicyclic) bond motifs is 3. The molecule has 0 nitrogen and oxygen atoms in total. The van der Waals surface area contributed by atoms with Crippen molar-refractivity contribution in [3.05, 3.63) is 54.4 Å². The molecule has 3 heteroatoms. The molecule has 0 bridgehead atoms. The number of rotatable bonds is 0. The average Bonchev–Trinajstić information content (AvgIpc) is 2.64. The molecule has 0 saturated carbocycles. The molecular weight excluding hydrogens is 325 g/mol. The fourth-order valence-corrected chi connectivity index (χ4v) is 5.13. The molecule has 1 aliphatic rings. The van der Waals surface area contributed by atoms with E-state index in [1.165, 1.54) is 9.64 Å². The van der Waals surface area contributed by atoms with Gasteiger partial charge in [0.25, 0.3) is 0 Å².